The van der Waals surface area contributed by atoms with Crippen molar-refractivity contribution in [3.63, 3.8) is 0 Å². The second kappa shape index (κ2) is 6.14. The van der Waals surface area contributed by atoms with Crippen molar-refractivity contribution in [2.75, 3.05) is 32.4 Å². The first-order chi connectivity index (χ1) is 9.53. The fourth-order valence-corrected chi connectivity index (χ4v) is 1.82. The maximum Gasteiger partial charge on any atom is 0.353 e. The summed E-state index contributed by atoms with van der Waals surface area (Å²) in [6.45, 7) is 0.243. The van der Waals surface area contributed by atoms with Gasteiger partial charge in [0, 0.05) is 7.11 Å². The van der Waals surface area contributed by atoms with Gasteiger partial charge < -0.3 is 24.7 Å². The molecule has 0 aromatic carbocycles. The van der Waals surface area contributed by atoms with Crippen LogP contribution in [0, 0.1) is 0 Å². The van der Waals surface area contributed by atoms with Crippen LogP contribution in [0.5, 0.6) is 0 Å². The molecule has 11 heteroatoms. The minimum atomic E-state index is -3.65. The highest BCUT2D eigenvalue weighted by Crippen LogP contribution is 2.40. The summed E-state index contributed by atoms with van der Waals surface area (Å²) < 4.78 is 21.8. The third kappa shape index (κ3) is 3.42. The van der Waals surface area contributed by atoms with Gasteiger partial charge in [0.15, 0.2) is 11.3 Å². The molecule has 0 aliphatic heterocycles. The molecule has 2 aromatic heterocycles. The Balaban J connectivity index is 1.85. The summed E-state index contributed by atoms with van der Waals surface area (Å²) >= 11 is 0. The fourth-order valence-electron chi connectivity index (χ4n) is 1.35. The second-order valence-corrected chi connectivity index (χ2v) is 5.59. The SMILES string of the molecule is COP(=O)(O)COCCOn1cnc2c(N)ncnc21. The van der Waals surface area contributed by atoms with Gasteiger partial charge in [0.1, 0.15) is 25.6 Å². The lowest BCUT2D eigenvalue weighted by Crippen LogP contribution is -2.17. The smallest absolute Gasteiger partial charge is 0.353 e. The van der Waals surface area contributed by atoms with Gasteiger partial charge in [-0.2, -0.15) is 4.73 Å². The van der Waals surface area contributed by atoms with Crippen molar-refractivity contribution in [2.24, 2.45) is 0 Å². The first kappa shape index (κ1) is 14.7. The molecule has 2 heterocycles. The van der Waals surface area contributed by atoms with E-state index in [1.807, 2.05) is 0 Å². The molecule has 10 nitrogen and oxygen atoms in total. The summed E-state index contributed by atoms with van der Waals surface area (Å²) in [6, 6.07) is 0. The number of hydrogen-bond acceptors (Lipinski definition) is 8. The molecular formula is C9H14N5O5P. The second-order valence-electron chi connectivity index (χ2n) is 3.69. The zero-order chi connectivity index (χ0) is 14.6. The molecule has 0 fully saturated rings. The number of nitrogens with zero attached hydrogens (tertiary/aromatic N) is 4. The van der Waals surface area contributed by atoms with Gasteiger partial charge in [-0.15, -0.1) is 0 Å². The van der Waals surface area contributed by atoms with E-state index in [0.29, 0.717) is 11.2 Å². The van der Waals surface area contributed by atoms with Crippen molar-refractivity contribution in [1.29, 1.82) is 0 Å². The molecule has 2 rings (SSSR count). The first-order valence-corrected chi connectivity index (χ1v) is 7.32. The molecule has 0 radical (unpaired) electrons. The first-order valence-electron chi connectivity index (χ1n) is 5.55. The van der Waals surface area contributed by atoms with E-state index >= 15 is 0 Å². The van der Waals surface area contributed by atoms with E-state index in [9.17, 15) is 4.57 Å². The molecule has 0 spiro atoms. The van der Waals surface area contributed by atoms with Gasteiger partial charge in [0.2, 0.25) is 5.65 Å². The molecule has 0 bridgehead atoms. The predicted molar refractivity (Wildman–Crippen MR) is 68.8 cm³/mol. The highest BCUT2D eigenvalue weighted by atomic mass is 31.2. The molecule has 1 unspecified atom stereocenters. The quantitative estimate of drug-likeness (QED) is 0.519. The van der Waals surface area contributed by atoms with Crippen LogP contribution in [-0.2, 0) is 13.8 Å². The number of aromatic nitrogens is 4. The molecule has 110 valence electrons. The van der Waals surface area contributed by atoms with Crippen LogP contribution in [0.2, 0.25) is 0 Å². The molecule has 2 aromatic rings. The highest BCUT2D eigenvalue weighted by molar-refractivity contribution is 7.52. The van der Waals surface area contributed by atoms with Crippen LogP contribution < -0.4 is 10.6 Å². The van der Waals surface area contributed by atoms with Crippen LogP contribution in [0.4, 0.5) is 5.82 Å². The van der Waals surface area contributed by atoms with Gasteiger partial charge in [-0.3, -0.25) is 4.57 Å². The molecule has 0 aliphatic carbocycles. The maximum absolute atomic E-state index is 11.1. The van der Waals surface area contributed by atoms with Gasteiger partial charge in [0.25, 0.3) is 0 Å². The van der Waals surface area contributed by atoms with Gasteiger partial charge in [0.05, 0.1) is 6.61 Å². The number of ether oxygens (including phenoxy) is 1. The number of anilines is 1. The Morgan fingerprint density at radius 3 is 2.95 bits per heavy atom. The Kier molecular flexibility index (Phi) is 4.50. The topological polar surface area (TPSA) is 135 Å². The summed E-state index contributed by atoms with van der Waals surface area (Å²) in [5.74, 6) is 0.259. The molecule has 0 aliphatic rings. The van der Waals surface area contributed by atoms with Crippen molar-refractivity contribution < 1.29 is 23.6 Å². The van der Waals surface area contributed by atoms with Crippen molar-refractivity contribution in [2.45, 2.75) is 0 Å². The van der Waals surface area contributed by atoms with E-state index in [0.717, 1.165) is 7.11 Å². The minimum absolute atomic E-state index is 0.105. The number of nitrogens with two attached hydrogens (primary N) is 1. The summed E-state index contributed by atoms with van der Waals surface area (Å²) in [4.78, 5) is 26.2. The van der Waals surface area contributed by atoms with E-state index in [4.69, 9.17) is 20.2 Å². The molecule has 1 atom stereocenters. The number of imidazole rings is 1. The average Bonchev–Trinajstić information content (AvgIpc) is 2.83. The number of fused-ring (bicyclic) bond motifs is 1. The normalized spacial score (nSPS) is 14.3. The predicted octanol–water partition coefficient (Wildman–Crippen LogP) is -0.357. The Morgan fingerprint density at radius 2 is 2.20 bits per heavy atom. The van der Waals surface area contributed by atoms with Crippen molar-refractivity contribution in [3.05, 3.63) is 12.7 Å². The largest absolute Gasteiger partial charge is 0.408 e. The van der Waals surface area contributed by atoms with Gasteiger partial charge in [-0.25, -0.2) is 15.0 Å². The lowest BCUT2D eigenvalue weighted by atomic mass is 10.5. The average molecular weight is 303 g/mol. The lowest BCUT2D eigenvalue weighted by Gasteiger charge is -2.10. The zero-order valence-corrected chi connectivity index (χ0v) is 11.6. The van der Waals surface area contributed by atoms with Crippen LogP contribution in [0.15, 0.2) is 12.7 Å². The third-order valence-electron chi connectivity index (χ3n) is 2.33. The van der Waals surface area contributed by atoms with Gasteiger partial charge >= 0.3 is 7.60 Å². The number of rotatable bonds is 7. The molecule has 20 heavy (non-hydrogen) atoms. The number of hydrogen-bond donors (Lipinski definition) is 2. The molecule has 0 amide bonds. The van der Waals surface area contributed by atoms with Crippen LogP contribution in [0.1, 0.15) is 0 Å². The minimum Gasteiger partial charge on any atom is -0.408 e. The third-order valence-corrected chi connectivity index (χ3v) is 3.41. The van der Waals surface area contributed by atoms with E-state index < -0.39 is 13.9 Å². The van der Waals surface area contributed by atoms with Crippen LogP contribution in [-0.4, -0.2) is 51.2 Å². The molecule has 3 N–H and O–H groups in total. The van der Waals surface area contributed by atoms with Crippen LogP contribution in [0.3, 0.4) is 0 Å². The fraction of sp³-hybridized carbons (Fsp3) is 0.444. The van der Waals surface area contributed by atoms with Crippen LogP contribution in [0.25, 0.3) is 11.2 Å². The molecule has 0 saturated carbocycles. The number of nitrogen functional groups attached to an aromatic ring is 1. The van der Waals surface area contributed by atoms with Crippen LogP contribution >= 0.6 is 7.60 Å². The lowest BCUT2D eigenvalue weighted by molar-refractivity contribution is 0.0514. The van der Waals surface area contributed by atoms with E-state index in [-0.39, 0.29) is 19.0 Å². The van der Waals surface area contributed by atoms with Gasteiger partial charge in [-0.05, 0) is 0 Å². The van der Waals surface area contributed by atoms with Crippen molar-refractivity contribution in [1.82, 2.24) is 19.7 Å². The van der Waals surface area contributed by atoms with Gasteiger partial charge in [-0.1, -0.05) is 0 Å². The Morgan fingerprint density at radius 1 is 1.40 bits per heavy atom. The Bertz CT molecular complexity index is 632. The van der Waals surface area contributed by atoms with Crippen molar-refractivity contribution in [3.8, 4) is 0 Å². The Labute approximate surface area is 114 Å². The monoisotopic (exact) mass is 303 g/mol. The maximum atomic E-state index is 11.1. The summed E-state index contributed by atoms with van der Waals surface area (Å²) in [5, 5.41) is 0. The summed E-state index contributed by atoms with van der Waals surface area (Å²) in [5.41, 5.74) is 6.50. The van der Waals surface area contributed by atoms with E-state index in [1.54, 1.807) is 0 Å². The van der Waals surface area contributed by atoms with E-state index in [2.05, 4.69) is 19.5 Å². The standard InChI is InChI=1S/C9H14N5O5P/c1-17-20(15,16)6-18-2-3-19-14-5-13-7-8(10)11-4-12-9(7)14/h4-5H,2-3,6H2,1H3,(H,15,16)(H2,10,11,12). The van der Waals surface area contributed by atoms with E-state index in [1.165, 1.54) is 17.4 Å². The highest BCUT2D eigenvalue weighted by Gasteiger charge is 2.16. The molecule has 0 saturated heterocycles. The zero-order valence-electron chi connectivity index (χ0n) is 10.7. The summed E-state index contributed by atoms with van der Waals surface area (Å²) in [7, 11) is -2.51. The van der Waals surface area contributed by atoms with Crippen molar-refractivity contribution >= 4 is 24.6 Å². The summed E-state index contributed by atoms with van der Waals surface area (Å²) in [6.07, 6.45) is 2.31. The Hall–Kier alpha value is -1.74. The molecular weight excluding hydrogens is 289 g/mol.